The van der Waals surface area contributed by atoms with Crippen LogP contribution in [0.5, 0.6) is 0 Å². The molecule has 0 saturated heterocycles. The van der Waals surface area contributed by atoms with Crippen LogP contribution < -0.4 is 0 Å². The summed E-state index contributed by atoms with van der Waals surface area (Å²) in [7, 11) is 5.97. The van der Waals surface area contributed by atoms with Crippen molar-refractivity contribution in [2.45, 2.75) is 283 Å². The number of hydrogen-bond acceptors (Lipinski definition) is 7. The lowest BCUT2D eigenvalue weighted by Gasteiger charge is -2.25. The van der Waals surface area contributed by atoms with E-state index in [1.807, 2.05) is 21.1 Å². The van der Waals surface area contributed by atoms with Crippen molar-refractivity contribution in [3.05, 3.63) is 24.3 Å². The van der Waals surface area contributed by atoms with E-state index >= 15 is 0 Å². The van der Waals surface area contributed by atoms with Gasteiger partial charge in [0, 0.05) is 12.8 Å². The Morgan fingerprint density at radius 2 is 0.761 bits per heavy atom. The van der Waals surface area contributed by atoms with Crippen LogP contribution in [0.2, 0.25) is 0 Å². The summed E-state index contributed by atoms with van der Waals surface area (Å²) in [6.07, 6.45) is 55.3. The van der Waals surface area contributed by atoms with Gasteiger partial charge >= 0.3 is 17.9 Å². The predicted octanol–water partition coefficient (Wildman–Crippen LogP) is 16.3. The number of rotatable bonds is 53. The van der Waals surface area contributed by atoms with E-state index in [0.717, 1.165) is 38.5 Å². The van der Waals surface area contributed by atoms with Gasteiger partial charge in [0.2, 0.25) is 0 Å². The minimum atomic E-state index is -1.51. The Kier molecular flexibility index (Phi) is 48.5. The van der Waals surface area contributed by atoms with Gasteiger partial charge in [-0.15, -0.1) is 0 Å². The second-order valence-electron chi connectivity index (χ2n) is 20.6. The second kappa shape index (κ2) is 50.2. The first-order valence-electron chi connectivity index (χ1n) is 28.5. The zero-order valence-electron chi connectivity index (χ0n) is 44.8. The van der Waals surface area contributed by atoms with Crippen LogP contribution in [0.25, 0.3) is 0 Å². The molecule has 0 fully saturated rings. The summed E-state index contributed by atoms with van der Waals surface area (Å²) in [6, 6.07) is 0. The zero-order valence-corrected chi connectivity index (χ0v) is 44.8. The number of esters is 2. The number of ether oxygens (including phenoxy) is 4. The van der Waals surface area contributed by atoms with E-state index in [2.05, 4.69) is 38.2 Å². The van der Waals surface area contributed by atoms with E-state index in [1.54, 1.807) is 0 Å². The molecule has 0 aromatic carbocycles. The largest absolute Gasteiger partial charge is 0.477 e. The number of quaternary nitrogens is 1. The van der Waals surface area contributed by atoms with Gasteiger partial charge in [-0.3, -0.25) is 9.59 Å². The number of hydrogen-bond donors (Lipinski definition) is 1. The van der Waals surface area contributed by atoms with Gasteiger partial charge in [-0.2, -0.15) is 0 Å². The molecular weight excluding hydrogens is 839 g/mol. The molecule has 0 aliphatic heterocycles. The Bertz CT molecular complexity index is 1150. The monoisotopic (exact) mass is 949 g/mol. The third kappa shape index (κ3) is 51.4. The summed E-state index contributed by atoms with van der Waals surface area (Å²) in [4.78, 5) is 37.4. The molecule has 2 unspecified atom stereocenters. The molecule has 9 heteroatoms. The Hall–Kier alpha value is -2.23. The van der Waals surface area contributed by atoms with Crippen LogP contribution in [-0.2, 0) is 33.3 Å². The molecule has 67 heavy (non-hydrogen) atoms. The number of unbranched alkanes of at least 4 members (excludes halogenated alkanes) is 34. The van der Waals surface area contributed by atoms with Crippen LogP contribution in [0.15, 0.2) is 24.3 Å². The lowest BCUT2D eigenvalue weighted by Crippen LogP contribution is -2.40. The number of aliphatic carboxylic acids is 1. The first-order chi connectivity index (χ1) is 32.6. The molecule has 394 valence electrons. The molecule has 0 bridgehead atoms. The first kappa shape index (κ1) is 64.8. The van der Waals surface area contributed by atoms with Crippen molar-refractivity contribution in [3.8, 4) is 0 Å². The zero-order chi connectivity index (χ0) is 49.2. The van der Waals surface area contributed by atoms with Gasteiger partial charge in [-0.1, -0.05) is 218 Å². The van der Waals surface area contributed by atoms with Crippen LogP contribution in [0.1, 0.15) is 271 Å². The second-order valence-corrected chi connectivity index (χ2v) is 20.6. The van der Waals surface area contributed by atoms with E-state index in [-0.39, 0.29) is 32.2 Å². The van der Waals surface area contributed by atoms with Crippen molar-refractivity contribution in [3.63, 3.8) is 0 Å². The van der Waals surface area contributed by atoms with Gasteiger partial charge < -0.3 is 28.5 Å². The molecule has 0 aromatic heterocycles. The fraction of sp³-hybridized carbons (Fsp3) is 0.879. The number of carboxylic acids is 1. The number of nitrogens with zero attached hydrogens (tertiary/aromatic N) is 1. The highest BCUT2D eigenvalue weighted by molar-refractivity contribution is 5.71. The number of carbonyl (C=O) groups is 3. The van der Waals surface area contributed by atoms with Crippen molar-refractivity contribution in [1.82, 2.24) is 0 Å². The predicted molar refractivity (Wildman–Crippen MR) is 281 cm³/mol. The Morgan fingerprint density at radius 1 is 0.433 bits per heavy atom. The summed E-state index contributed by atoms with van der Waals surface area (Å²) in [6.45, 7) is 4.91. The molecule has 0 aromatic rings. The average molecular weight is 950 g/mol. The van der Waals surface area contributed by atoms with Crippen LogP contribution in [0.3, 0.4) is 0 Å². The third-order valence-corrected chi connectivity index (χ3v) is 12.7. The van der Waals surface area contributed by atoms with Crippen LogP contribution >= 0.6 is 0 Å². The van der Waals surface area contributed by atoms with E-state index in [0.29, 0.717) is 17.4 Å². The van der Waals surface area contributed by atoms with E-state index in [4.69, 9.17) is 18.9 Å². The van der Waals surface area contributed by atoms with E-state index < -0.39 is 24.3 Å². The highest BCUT2D eigenvalue weighted by Crippen LogP contribution is 2.16. The Morgan fingerprint density at radius 3 is 1.10 bits per heavy atom. The molecule has 0 aliphatic rings. The first-order valence-corrected chi connectivity index (χ1v) is 28.5. The van der Waals surface area contributed by atoms with Crippen molar-refractivity contribution in [2.24, 2.45) is 0 Å². The van der Waals surface area contributed by atoms with E-state index in [9.17, 15) is 19.5 Å². The highest BCUT2D eigenvalue weighted by atomic mass is 16.7. The summed E-state index contributed by atoms with van der Waals surface area (Å²) in [5, 5.41) is 9.69. The van der Waals surface area contributed by atoms with Gasteiger partial charge in [-0.25, -0.2) is 4.79 Å². The Balaban J connectivity index is 4.25. The minimum absolute atomic E-state index is 0.180. The van der Waals surface area contributed by atoms with Gasteiger partial charge in [0.05, 0.1) is 34.4 Å². The summed E-state index contributed by atoms with van der Waals surface area (Å²) >= 11 is 0. The molecule has 0 spiro atoms. The lowest BCUT2D eigenvalue weighted by atomic mass is 10.1. The maximum absolute atomic E-state index is 12.9. The van der Waals surface area contributed by atoms with Gasteiger partial charge in [0.25, 0.3) is 6.29 Å². The van der Waals surface area contributed by atoms with E-state index in [1.165, 1.54) is 205 Å². The molecule has 0 aliphatic carbocycles. The average Bonchev–Trinajstić information content (AvgIpc) is 3.29. The fourth-order valence-electron chi connectivity index (χ4n) is 8.24. The van der Waals surface area contributed by atoms with Crippen LogP contribution in [0, 0.1) is 0 Å². The molecule has 0 amide bonds. The molecule has 2 atom stereocenters. The SMILES string of the molecule is CCCCCCCCCC/C=C\CCCCCCCCCCCC(=O)OCC(COC(OCC[N+](C)(C)C)C(=O)O)OC(=O)CCCCCCCCCCC/C=C\CCCCCCCCCC. The quantitative estimate of drug-likeness (QED) is 0.0211. The maximum Gasteiger partial charge on any atom is 0.361 e. The molecule has 0 radical (unpaired) electrons. The Labute approximate surface area is 414 Å². The molecule has 1 N–H and O–H groups in total. The lowest BCUT2D eigenvalue weighted by molar-refractivity contribution is -0.870. The smallest absolute Gasteiger partial charge is 0.361 e. The number of carbonyl (C=O) groups excluding carboxylic acids is 2. The summed E-state index contributed by atoms with van der Waals surface area (Å²) in [5.41, 5.74) is 0. The summed E-state index contributed by atoms with van der Waals surface area (Å²) in [5.74, 6) is -1.99. The van der Waals surface area contributed by atoms with Gasteiger partial charge in [0.1, 0.15) is 13.2 Å². The number of likely N-dealkylation sites (N-methyl/N-ethyl adjacent to an activating group) is 1. The van der Waals surface area contributed by atoms with Crippen LogP contribution in [-0.4, -0.2) is 87.4 Å². The summed E-state index contributed by atoms with van der Waals surface area (Å²) < 4.78 is 22.9. The molecule has 0 rings (SSSR count). The molecule has 0 saturated carbocycles. The molecular formula is C58H110NO8+. The van der Waals surface area contributed by atoms with Gasteiger partial charge in [-0.05, 0) is 64.2 Å². The van der Waals surface area contributed by atoms with Crippen molar-refractivity contribution in [1.29, 1.82) is 0 Å². The normalized spacial score (nSPS) is 12.9. The topological polar surface area (TPSA) is 108 Å². The van der Waals surface area contributed by atoms with Crippen molar-refractivity contribution < 1.29 is 42.9 Å². The minimum Gasteiger partial charge on any atom is -0.477 e. The van der Waals surface area contributed by atoms with Crippen LogP contribution in [0.4, 0.5) is 0 Å². The fourth-order valence-corrected chi connectivity index (χ4v) is 8.24. The third-order valence-electron chi connectivity index (χ3n) is 12.7. The highest BCUT2D eigenvalue weighted by Gasteiger charge is 2.25. The molecule has 9 nitrogen and oxygen atoms in total. The molecule has 0 heterocycles. The number of carboxylic acid groups (broad SMARTS) is 1. The van der Waals surface area contributed by atoms with Gasteiger partial charge in [0.15, 0.2) is 6.10 Å². The number of allylic oxidation sites excluding steroid dienone is 4. The standard InChI is InChI=1S/C58H109NO8/c1-6-8-10-12-14-16-18-20-22-24-26-28-30-32-34-36-38-40-42-44-46-48-55(60)65-52-54(53-66-58(57(62)63)64-51-50-59(3,4)5)67-56(61)49-47-45-43-41-39-37-35-33-31-29-27-25-23-21-19-17-15-13-11-9-7-2/h24-27,54,58H,6-23,28-53H2,1-5H3/p+1/b26-24-,27-25-. The maximum atomic E-state index is 12.9. The van der Waals surface area contributed by atoms with Crippen molar-refractivity contribution in [2.75, 3.05) is 47.5 Å². The van der Waals surface area contributed by atoms with Crippen molar-refractivity contribution >= 4 is 17.9 Å².